The van der Waals surface area contributed by atoms with Gasteiger partial charge in [0.2, 0.25) is 11.1 Å². The van der Waals surface area contributed by atoms with E-state index in [1.807, 2.05) is 26.2 Å². The number of aryl methyl sites for hydroxylation is 2. The fourth-order valence-electron chi connectivity index (χ4n) is 3.58. The summed E-state index contributed by atoms with van der Waals surface area (Å²) in [6, 6.07) is 7.15. The Bertz CT molecular complexity index is 1350. The largest absolute Gasteiger partial charge is 0.338 e. The van der Waals surface area contributed by atoms with Crippen LogP contribution in [0.2, 0.25) is 0 Å². The first-order valence-electron chi connectivity index (χ1n) is 9.86. The van der Waals surface area contributed by atoms with Gasteiger partial charge in [-0.15, -0.1) is 5.10 Å². The van der Waals surface area contributed by atoms with Gasteiger partial charge in [0.25, 0.3) is 11.3 Å². The number of nitrogens with one attached hydrogen (secondary N) is 1. The number of hydrogen-bond donors (Lipinski definition) is 1. The number of aromatic nitrogens is 6. The van der Waals surface area contributed by atoms with E-state index in [9.17, 15) is 9.59 Å². The van der Waals surface area contributed by atoms with Gasteiger partial charge in [0.05, 0.1) is 17.4 Å². The highest BCUT2D eigenvalue weighted by Crippen LogP contribution is 2.18. The molecular weight excluding hydrogens is 414 g/mol. The van der Waals surface area contributed by atoms with Crippen LogP contribution in [0.15, 0.2) is 34.2 Å². The molecule has 0 radical (unpaired) electrons. The van der Waals surface area contributed by atoms with Crippen LogP contribution in [-0.4, -0.2) is 53.7 Å². The third kappa shape index (κ3) is 4.15. The lowest BCUT2D eigenvalue weighted by molar-refractivity contribution is -0.130. The summed E-state index contributed by atoms with van der Waals surface area (Å²) in [5, 5.41) is 5.65. The molecule has 4 aromatic rings. The highest BCUT2D eigenvalue weighted by atomic mass is 32.2. The number of fused-ring (bicyclic) bond motifs is 2. The van der Waals surface area contributed by atoms with Crippen LogP contribution in [0.5, 0.6) is 0 Å². The highest BCUT2D eigenvalue weighted by molar-refractivity contribution is 7.98. The molecule has 0 atom stereocenters. The van der Waals surface area contributed by atoms with Gasteiger partial charge in [-0.25, -0.2) is 14.5 Å². The maximum Gasteiger partial charge on any atom is 0.258 e. The van der Waals surface area contributed by atoms with Crippen LogP contribution in [0.1, 0.15) is 29.2 Å². The third-order valence-corrected chi connectivity index (χ3v) is 5.81. The Hall–Kier alpha value is -3.27. The van der Waals surface area contributed by atoms with E-state index in [1.54, 1.807) is 34.7 Å². The van der Waals surface area contributed by atoms with E-state index in [-0.39, 0.29) is 18.0 Å². The molecule has 3 aromatic heterocycles. The molecule has 3 heterocycles. The van der Waals surface area contributed by atoms with E-state index in [2.05, 4.69) is 25.0 Å². The summed E-state index contributed by atoms with van der Waals surface area (Å²) in [6.45, 7) is 4.12. The predicted molar refractivity (Wildman–Crippen MR) is 119 cm³/mol. The molecule has 0 aliphatic carbocycles. The monoisotopic (exact) mass is 437 g/mol. The minimum atomic E-state index is -0.204. The average molecular weight is 438 g/mol. The van der Waals surface area contributed by atoms with Crippen LogP contribution in [0.4, 0.5) is 0 Å². The van der Waals surface area contributed by atoms with Crippen molar-refractivity contribution in [3.05, 3.63) is 57.4 Å². The first-order chi connectivity index (χ1) is 14.9. The SMILES string of the molecule is CSc1nc2nc(C)c(CCC(=O)N(C)Cc3nc4ccccc4c(=O)[nH]3)c(C)n2n1. The molecule has 0 saturated heterocycles. The third-order valence-electron chi connectivity index (χ3n) is 5.28. The number of carbonyl (C=O) groups excluding carboxylic acids is 1. The van der Waals surface area contributed by atoms with Gasteiger partial charge >= 0.3 is 0 Å². The van der Waals surface area contributed by atoms with E-state index >= 15 is 0 Å². The average Bonchev–Trinajstić information content (AvgIpc) is 3.16. The Morgan fingerprint density at radius 3 is 2.74 bits per heavy atom. The van der Waals surface area contributed by atoms with Crippen molar-refractivity contribution >= 4 is 34.3 Å². The zero-order valence-electron chi connectivity index (χ0n) is 17.8. The van der Waals surface area contributed by atoms with Gasteiger partial charge in [0, 0.05) is 24.9 Å². The van der Waals surface area contributed by atoms with Gasteiger partial charge in [-0.1, -0.05) is 23.9 Å². The number of carbonyl (C=O) groups is 1. The topological polar surface area (TPSA) is 109 Å². The second-order valence-corrected chi connectivity index (χ2v) is 8.12. The summed E-state index contributed by atoms with van der Waals surface area (Å²) in [7, 11) is 1.71. The van der Waals surface area contributed by atoms with Crippen LogP contribution in [-0.2, 0) is 17.8 Å². The molecule has 9 nitrogen and oxygen atoms in total. The van der Waals surface area contributed by atoms with Crippen LogP contribution in [0, 0.1) is 13.8 Å². The Labute approximate surface area is 182 Å². The van der Waals surface area contributed by atoms with Gasteiger partial charge in [-0.2, -0.15) is 4.98 Å². The Balaban J connectivity index is 1.48. The van der Waals surface area contributed by atoms with E-state index in [4.69, 9.17) is 0 Å². The molecular formula is C21H23N7O2S. The first kappa shape index (κ1) is 21.0. The van der Waals surface area contributed by atoms with Gasteiger partial charge < -0.3 is 9.88 Å². The van der Waals surface area contributed by atoms with Crippen LogP contribution in [0.3, 0.4) is 0 Å². The van der Waals surface area contributed by atoms with Crippen LogP contribution >= 0.6 is 11.8 Å². The van der Waals surface area contributed by atoms with Crippen molar-refractivity contribution in [3.63, 3.8) is 0 Å². The van der Waals surface area contributed by atoms with E-state index in [1.165, 1.54) is 11.8 Å². The molecule has 1 aromatic carbocycles. The van der Waals surface area contributed by atoms with Gasteiger partial charge in [-0.3, -0.25) is 9.59 Å². The molecule has 0 saturated carbocycles. The smallest absolute Gasteiger partial charge is 0.258 e. The van der Waals surface area contributed by atoms with E-state index < -0.39 is 0 Å². The predicted octanol–water partition coefficient (Wildman–Crippen LogP) is 2.29. The molecule has 160 valence electrons. The van der Waals surface area contributed by atoms with Crippen molar-refractivity contribution in [1.82, 2.24) is 34.4 Å². The lowest BCUT2D eigenvalue weighted by Gasteiger charge is -2.17. The molecule has 1 N–H and O–H groups in total. The Morgan fingerprint density at radius 1 is 1.19 bits per heavy atom. The van der Waals surface area contributed by atoms with Gasteiger partial charge in [0.1, 0.15) is 5.82 Å². The fraction of sp³-hybridized carbons (Fsp3) is 0.333. The molecule has 0 bridgehead atoms. The van der Waals surface area contributed by atoms with Crippen molar-refractivity contribution in [2.75, 3.05) is 13.3 Å². The van der Waals surface area contributed by atoms with Crippen molar-refractivity contribution < 1.29 is 4.79 Å². The fourth-order valence-corrected chi connectivity index (χ4v) is 3.92. The summed E-state index contributed by atoms with van der Waals surface area (Å²) in [5.74, 6) is 0.984. The molecule has 0 fully saturated rings. The molecule has 4 rings (SSSR count). The standard InChI is InChI=1S/C21H23N7O2S/c1-12-14(13(2)28-20(22-12)25-21(26-28)31-4)9-10-18(29)27(3)11-17-23-16-8-6-5-7-15(16)19(30)24-17/h5-8H,9-11H2,1-4H3,(H,23,24,30). The summed E-state index contributed by atoms with van der Waals surface area (Å²) in [4.78, 5) is 42.7. The molecule has 0 unspecified atom stereocenters. The summed E-state index contributed by atoms with van der Waals surface area (Å²) >= 11 is 1.46. The molecule has 31 heavy (non-hydrogen) atoms. The first-order valence-corrected chi connectivity index (χ1v) is 11.1. The Kier molecular flexibility index (Phi) is 5.73. The minimum absolute atomic E-state index is 0.0434. The highest BCUT2D eigenvalue weighted by Gasteiger charge is 2.17. The number of aromatic amines is 1. The lowest BCUT2D eigenvalue weighted by Crippen LogP contribution is -2.28. The normalized spacial score (nSPS) is 11.4. The maximum atomic E-state index is 12.8. The molecule has 10 heteroatoms. The zero-order valence-corrected chi connectivity index (χ0v) is 18.7. The minimum Gasteiger partial charge on any atom is -0.338 e. The number of thioether (sulfide) groups is 1. The van der Waals surface area contributed by atoms with E-state index in [0.717, 1.165) is 17.0 Å². The number of para-hydroxylation sites is 1. The number of amides is 1. The second-order valence-electron chi connectivity index (χ2n) is 7.35. The summed E-state index contributed by atoms with van der Waals surface area (Å²) < 4.78 is 1.73. The maximum absolute atomic E-state index is 12.8. The van der Waals surface area contributed by atoms with Crippen molar-refractivity contribution in [2.24, 2.45) is 0 Å². The number of hydrogen-bond acceptors (Lipinski definition) is 7. The zero-order chi connectivity index (χ0) is 22.1. The Morgan fingerprint density at radius 2 is 1.97 bits per heavy atom. The summed E-state index contributed by atoms with van der Waals surface area (Å²) in [5.41, 5.74) is 3.19. The lowest BCUT2D eigenvalue weighted by atomic mass is 10.1. The molecule has 0 aliphatic rings. The second kappa shape index (κ2) is 8.46. The molecule has 1 amide bonds. The summed E-state index contributed by atoms with van der Waals surface area (Å²) in [6.07, 6.45) is 2.77. The number of benzene rings is 1. The van der Waals surface area contributed by atoms with Crippen LogP contribution < -0.4 is 5.56 Å². The van der Waals surface area contributed by atoms with Crippen molar-refractivity contribution in [2.45, 2.75) is 38.4 Å². The van der Waals surface area contributed by atoms with Crippen molar-refractivity contribution in [1.29, 1.82) is 0 Å². The van der Waals surface area contributed by atoms with E-state index in [0.29, 0.717) is 40.5 Å². The van der Waals surface area contributed by atoms with Crippen LogP contribution in [0.25, 0.3) is 16.7 Å². The number of rotatable bonds is 6. The quantitative estimate of drug-likeness (QED) is 0.461. The molecule has 0 aliphatic heterocycles. The van der Waals surface area contributed by atoms with Gasteiger partial charge in [-0.05, 0) is 44.2 Å². The van der Waals surface area contributed by atoms with Crippen molar-refractivity contribution in [3.8, 4) is 0 Å². The van der Waals surface area contributed by atoms with Gasteiger partial charge in [0.15, 0.2) is 0 Å². The number of nitrogens with zero attached hydrogens (tertiary/aromatic N) is 6. The number of H-pyrrole nitrogens is 1. The molecule has 0 spiro atoms.